The summed E-state index contributed by atoms with van der Waals surface area (Å²) in [7, 11) is 2.91. The molecule has 0 saturated carbocycles. The third-order valence-corrected chi connectivity index (χ3v) is 2.91. The molecule has 0 aromatic carbocycles. The number of esters is 1. The zero-order valence-corrected chi connectivity index (χ0v) is 10.9. The van der Waals surface area contributed by atoms with Crippen LogP contribution in [0.2, 0.25) is 0 Å². The van der Waals surface area contributed by atoms with E-state index in [0.29, 0.717) is 25.1 Å². The van der Waals surface area contributed by atoms with Crippen LogP contribution in [0.25, 0.3) is 0 Å². The SMILES string of the molecule is CCC(=CCN1CCN(C)C(=O)C1=O)C(=O)OC. The molecule has 0 aromatic heterocycles. The van der Waals surface area contributed by atoms with Gasteiger partial charge in [0.2, 0.25) is 0 Å². The number of rotatable bonds is 4. The lowest BCUT2D eigenvalue weighted by Crippen LogP contribution is -2.52. The Morgan fingerprint density at radius 1 is 1.33 bits per heavy atom. The first-order chi connectivity index (χ1) is 8.51. The van der Waals surface area contributed by atoms with Crippen molar-refractivity contribution in [3.63, 3.8) is 0 Å². The molecular formula is C12H18N2O4. The van der Waals surface area contributed by atoms with Gasteiger partial charge >= 0.3 is 17.8 Å². The predicted molar refractivity (Wildman–Crippen MR) is 64.6 cm³/mol. The first-order valence-corrected chi connectivity index (χ1v) is 5.83. The van der Waals surface area contributed by atoms with Crippen molar-refractivity contribution in [1.29, 1.82) is 0 Å². The zero-order chi connectivity index (χ0) is 13.7. The highest BCUT2D eigenvalue weighted by atomic mass is 16.5. The summed E-state index contributed by atoms with van der Waals surface area (Å²) in [4.78, 5) is 37.3. The number of amides is 2. The quantitative estimate of drug-likeness (QED) is 0.396. The lowest BCUT2D eigenvalue weighted by atomic mass is 10.2. The number of piperazine rings is 1. The normalized spacial score (nSPS) is 17.2. The molecule has 1 aliphatic heterocycles. The summed E-state index contributed by atoms with van der Waals surface area (Å²) in [6.45, 7) is 3.09. The molecule has 0 N–H and O–H groups in total. The maximum absolute atomic E-state index is 11.7. The van der Waals surface area contributed by atoms with Gasteiger partial charge in [0, 0.05) is 32.3 Å². The van der Waals surface area contributed by atoms with Gasteiger partial charge in [-0.25, -0.2) is 4.79 Å². The summed E-state index contributed by atoms with van der Waals surface area (Å²) in [6.07, 6.45) is 2.17. The van der Waals surface area contributed by atoms with Gasteiger partial charge in [-0.15, -0.1) is 0 Å². The molecule has 2 amide bonds. The van der Waals surface area contributed by atoms with E-state index >= 15 is 0 Å². The number of methoxy groups -OCH3 is 1. The molecule has 18 heavy (non-hydrogen) atoms. The second-order valence-electron chi connectivity index (χ2n) is 4.05. The first-order valence-electron chi connectivity index (χ1n) is 5.83. The van der Waals surface area contributed by atoms with Crippen LogP contribution in [0.4, 0.5) is 0 Å². The van der Waals surface area contributed by atoms with Crippen LogP contribution in [0.3, 0.4) is 0 Å². The Hall–Kier alpha value is -1.85. The molecule has 0 aromatic rings. The fourth-order valence-electron chi connectivity index (χ4n) is 1.67. The maximum atomic E-state index is 11.7. The molecule has 6 heteroatoms. The van der Waals surface area contributed by atoms with E-state index in [4.69, 9.17) is 0 Å². The number of hydrogen-bond donors (Lipinski definition) is 0. The van der Waals surface area contributed by atoms with Gasteiger partial charge in [-0.1, -0.05) is 13.0 Å². The van der Waals surface area contributed by atoms with Crippen LogP contribution in [0, 0.1) is 0 Å². The van der Waals surface area contributed by atoms with E-state index in [9.17, 15) is 14.4 Å². The summed E-state index contributed by atoms with van der Waals surface area (Å²) >= 11 is 0. The van der Waals surface area contributed by atoms with Crippen molar-refractivity contribution in [2.75, 3.05) is 33.8 Å². The van der Waals surface area contributed by atoms with Crippen LogP contribution in [0.1, 0.15) is 13.3 Å². The molecule has 1 rings (SSSR count). The topological polar surface area (TPSA) is 66.9 Å². The van der Waals surface area contributed by atoms with Gasteiger partial charge in [0.1, 0.15) is 0 Å². The van der Waals surface area contributed by atoms with Crippen molar-refractivity contribution in [1.82, 2.24) is 9.80 Å². The smallest absolute Gasteiger partial charge is 0.333 e. The highest BCUT2D eigenvalue weighted by Gasteiger charge is 2.29. The van der Waals surface area contributed by atoms with Crippen molar-refractivity contribution < 1.29 is 19.1 Å². The van der Waals surface area contributed by atoms with Crippen molar-refractivity contribution in [2.24, 2.45) is 0 Å². The predicted octanol–water partition coefficient (Wildman–Crippen LogP) is -0.204. The number of ether oxygens (including phenoxy) is 1. The van der Waals surface area contributed by atoms with E-state index in [2.05, 4.69) is 4.74 Å². The van der Waals surface area contributed by atoms with Crippen molar-refractivity contribution >= 4 is 17.8 Å². The van der Waals surface area contributed by atoms with Crippen molar-refractivity contribution in [2.45, 2.75) is 13.3 Å². The minimum absolute atomic E-state index is 0.261. The van der Waals surface area contributed by atoms with E-state index in [1.54, 1.807) is 13.1 Å². The largest absolute Gasteiger partial charge is 0.466 e. The number of carbonyl (C=O) groups is 3. The molecule has 0 spiro atoms. The molecule has 1 heterocycles. The molecule has 0 atom stereocenters. The first kappa shape index (κ1) is 14.2. The van der Waals surface area contributed by atoms with Gasteiger partial charge in [-0.05, 0) is 6.42 Å². The van der Waals surface area contributed by atoms with E-state index in [1.807, 2.05) is 6.92 Å². The van der Waals surface area contributed by atoms with Gasteiger partial charge in [-0.2, -0.15) is 0 Å². The van der Waals surface area contributed by atoms with E-state index in [0.717, 1.165) is 0 Å². The van der Waals surface area contributed by atoms with Crippen LogP contribution in [0.5, 0.6) is 0 Å². The molecule has 1 saturated heterocycles. The Bertz CT molecular complexity index is 390. The molecule has 0 aliphatic carbocycles. The summed E-state index contributed by atoms with van der Waals surface area (Å²) in [5.74, 6) is -1.43. The Morgan fingerprint density at radius 3 is 2.56 bits per heavy atom. The van der Waals surface area contributed by atoms with Crippen LogP contribution in [-0.4, -0.2) is 61.4 Å². The van der Waals surface area contributed by atoms with Crippen molar-refractivity contribution in [3.8, 4) is 0 Å². The number of nitrogens with zero attached hydrogens (tertiary/aromatic N) is 2. The van der Waals surface area contributed by atoms with Crippen LogP contribution >= 0.6 is 0 Å². The molecular weight excluding hydrogens is 236 g/mol. The lowest BCUT2D eigenvalue weighted by molar-refractivity contribution is -0.154. The number of hydrogen-bond acceptors (Lipinski definition) is 4. The molecule has 1 aliphatic rings. The molecule has 0 radical (unpaired) electrons. The molecule has 6 nitrogen and oxygen atoms in total. The van der Waals surface area contributed by atoms with Crippen LogP contribution in [-0.2, 0) is 19.1 Å². The summed E-state index contributed by atoms with van der Waals surface area (Å²) in [5.41, 5.74) is 0.511. The Labute approximate surface area is 106 Å². The minimum Gasteiger partial charge on any atom is -0.466 e. The molecule has 100 valence electrons. The Morgan fingerprint density at radius 2 is 2.00 bits per heavy atom. The van der Waals surface area contributed by atoms with Gasteiger partial charge in [-0.3, -0.25) is 9.59 Å². The second kappa shape index (κ2) is 6.18. The number of likely N-dealkylation sites (N-methyl/N-ethyl adjacent to an activating group) is 1. The van der Waals surface area contributed by atoms with Crippen molar-refractivity contribution in [3.05, 3.63) is 11.6 Å². The fraction of sp³-hybridized carbons (Fsp3) is 0.583. The third-order valence-electron chi connectivity index (χ3n) is 2.91. The zero-order valence-electron chi connectivity index (χ0n) is 10.9. The average Bonchev–Trinajstić information content (AvgIpc) is 2.38. The lowest BCUT2D eigenvalue weighted by Gasteiger charge is -2.30. The highest BCUT2D eigenvalue weighted by Crippen LogP contribution is 2.07. The Balaban J connectivity index is 2.68. The van der Waals surface area contributed by atoms with Gasteiger partial charge in [0.15, 0.2) is 0 Å². The van der Waals surface area contributed by atoms with E-state index in [1.165, 1.54) is 16.9 Å². The summed E-state index contributed by atoms with van der Waals surface area (Å²) in [5, 5.41) is 0. The standard InChI is InChI=1S/C12H18N2O4/c1-4-9(12(17)18-3)5-6-14-8-7-13(2)10(15)11(14)16/h5H,4,6-8H2,1-3H3. The third kappa shape index (κ3) is 3.09. The summed E-state index contributed by atoms with van der Waals surface area (Å²) in [6, 6.07) is 0. The van der Waals surface area contributed by atoms with E-state index < -0.39 is 17.8 Å². The fourth-order valence-corrected chi connectivity index (χ4v) is 1.67. The van der Waals surface area contributed by atoms with Gasteiger partial charge in [0.25, 0.3) is 0 Å². The molecule has 1 fully saturated rings. The highest BCUT2D eigenvalue weighted by molar-refractivity contribution is 6.35. The van der Waals surface area contributed by atoms with E-state index in [-0.39, 0.29) is 6.54 Å². The minimum atomic E-state index is -0.527. The maximum Gasteiger partial charge on any atom is 0.333 e. The van der Waals surface area contributed by atoms with Gasteiger partial charge < -0.3 is 14.5 Å². The average molecular weight is 254 g/mol. The van der Waals surface area contributed by atoms with Gasteiger partial charge in [0.05, 0.1) is 7.11 Å². The Kier molecular flexibility index (Phi) is 4.88. The summed E-state index contributed by atoms with van der Waals surface area (Å²) < 4.78 is 4.62. The molecule has 0 bridgehead atoms. The monoisotopic (exact) mass is 254 g/mol. The van der Waals surface area contributed by atoms with Crippen LogP contribution < -0.4 is 0 Å². The number of carbonyl (C=O) groups excluding carboxylic acids is 3. The second-order valence-corrected chi connectivity index (χ2v) is 4.05. The molecule has 0 unspecified atom stereocenters. The van der Waals surface area contributed by atoms with Crippen LogP contribution in [0.15, 0.2) is 11.6 Å².